The van der Waals surface area contributed by atoms with Gasteiger partial charge < -0.3 is 10.2 Å². The molecular formula is C17H28N2. The molecule has 0 radical (unpaired) electrons. The summed E-state index contributed by atoms with van der Waals surface area (Å²) in [6.07, 6.45) is 3.99. The third-order valence-electron chi connectivity index (χ3n) is 3.81. The molecule has 19 heavy (non-hydrogen) atoms. The number of nitrogens with zero attached hydrogens (tertiary/aromatic N) is 1. The lowest BCUT2D eigenvalue weighted by Crippen LogP contribution is -2.22. The third kappa shape index (κ3) is 5.33. The Morgan fingerprint density at radius 2 is 1.89 bits per heavy atom. The summed E-state index contributed by atoms with van der Waals surface area (Å²) in [6.45, 7) is 7.86. The molecule has 2 heteroatoms. The van der Waals surface area contributed by atoms with Gasteiger partial charge in [-0.3, -0.25) is 0 Å². The van der Waals surface area contributed by atoms with Gasteiger partial charge in [0.1, 0.15) is 0 Å². The summed E-state index contributed by atoms with van der Waals surface area (Å²) in [5.41, 5.74) is 2.94. The van der Waals surface area contributed by atoms with Gasteiger partial charge in [-0.05, 0) is 49.9 Å². The van der Waals surface area contributed by atoms with Crippen LogP contribution in [0.25, 0.3) is 0 Å². The smallest absolute Gasteiger partial charge is 0.0233 e. The predicted octanol–water partition coefficient (Wildman–Crippen LogP) is 3.42. The Morgan fingerprint density at radius 3 is 2.53 bits per heavy atom. The summed E-state index contributed by atoms with van der Waals surface area (Å²) < 4.78 is 0. The molecule has 1 aromatic carbocycles. The third-order valence-corrected chi connectivity index (χ3v) is 3.81. The van der Waals surface area contributed by atoms with Crippen molar-refractivity contribution in [3.63, 3.8) is 0 Å². The van der Waals surface area contributed by atoms with Gasteiger partial charge in [0.05, 0.1) is 0 Å². The van der Waals surface area contributed by atoms with Gasteiger partial charge in [0.15, 0.2) is 0 Å². The van der Waals surface area contributed by atoms with Gasteiger partial charge in [-0.2, -0.15) is 0 Å². The number of hydrogen-bond donors (Lipinski definition) is 1. The van der Waals surface area contributed by atoms with E-state index in [-0.39, 0.29) is 0 Å². The average molecular weight is 260 g/mol. The molecule has 0 aliphatic heterocycles. The molecule has 0 bridgehead atoms. The predicted molar refractivity (Wildman–Crippen MR) is 82.1 cm³/mol. The van der Waals surface area contributed by atoms with Gasteiger partial charge in [0, 0.05) is 19.1 Å². The minimum atomic E-state index is 0.784. The van der Waals surface area contributed by atoms with Crippen LogP contribution < -0.4 is 5.32 Å². The maximum Gasteiger partial charge on any atom is 0.0233 e. The fourth-order valence-electron chi connectivity index (χ4n) is 2.27. The van der Waals surface area contributed by atoms with Gasteiger partial charge in [-0.15, -0.1) is 0 Å². The molecule has 0 spiro atoms. The maximum absolute atomic E-state index is 3.62. The monoisotopic (exact) mass is 260 g/mol. The van der Waals surface area contributed by atoms with Gasteiger partial charge in [-0.1, -0.05) is 38.1 Å². The molecule has 1 aromatic rings. The van der Waals surface area contributed by atoms with Crippen molar-refractivity contribution >= 4 is 0 Å². The summed E-state index contributed by atoms with van der Waals surface area (Å²) in [6, 6.07) is 9.64. The highest BCUT2D eigenvalue weighted by Gasteiger charge is 2.20. The lowest BCUT2D eigenvalue weighted by Gasteiger charge is -2.20. The Balaban J connectivity index is 1.86. The molecule has 1 aliphatic carbocycles. The van der Waals surface area contributed by atoms with Crippen LogP contribution in [0, 0.1) is 5.92 Å². The minimum absolute atomic E-state index is 0.784. The fourth-order valence-corrected chi connectivity index (χ4v) is 2.27. The highest BCUT2D eigenvalue weighted by atomic mass is 15.1. The first-order valence-corrected chi connectivity index (χ1v) is 7.64. The molecule has 1 N–H and O–H groups in total. The second-order valence-electron chi connectivity index (χ2n) is 6.34. The van der Waals surface area contributed by atoms with E-state index in [0.29, 0.717) is 0 Å². The average Bonchev–Trinajstić information content (AvgIpc) is 3.19. The SMILES string of the molecule is CC(C)CCN(C)Cc1ccccc1CNC1CC1. The lowest BCUT2D eigenvalue weighted by molar-refractivity contribution is 0.302. The van der Waals surface area contributed by atoms with Crippen LogP contribution in [0.5, 0.6) is 0 Å². The number of nitrogens with one attached hydrogen (secondary N) is 1. The molecule has 1 aliphatic rings. The Morgan fingerprint density at radius 1 is 1.21 bits per heavy atom. The van der Waals surface area contributed by atoms with Crippen molar-refractivity contribution in [3.05, 3.63) is 35.4 Å². The van der Waals surface area contributed by atoms with Gasteiger partial charge in [0.2, 0.25) is 0 Å². The summed E-state index contributed by atoms with van der Waals surface area (Å²) >= 11 is 0. The Kier molecular flexibility index (Phi) is 5.41. The highest BCUT2D eigenvalue weighted by molar-refractivity contribution is 5.27. The Bertz CT molecular complexity index is 383. The van der Waals surface area contributed by atoms with E-state index in [1.165, 1.54) is 36.9 Å². The standard InChI is InChI=1S/C17H28N2/c1-14(2)10-11-19(3)13-16-7-5-4-6-15(16)12-18-17-8-9-17/h4-7,14,17-18H,8-13H2,1-3H3. The normalized spacial score (nSPS) is 15.4. The minimum Gasteiger partial charge on any atom is -0.310 e. The van der Waals surface area contributed by atoms with E-state index in [4.69, 9.17) is 0 Å². The van der Waals surface area contributed by atoms with E-state index in [1.807, 2.05) is 0 Å². The molecule has 0 saturated heterocycles. The zero-order valence-corrected chi connectivity index (χ0v) is 12.7. The van der Waals surface area contributed by atoms with Crippen molar-refractivity contribution in [2.45, 2.75) is 52.2 Å². The van der Waals surface area contributed by atoms with E-state index in [9.17, 15) is 0 Å². The molecule has 0 unspecified atom stereocenters. The first-order chi connectivity index (χ1) is 9.15. The van der Waals surface area contributed by atoms with E-state index < -0.39 is 0 Å². The zero-order valence-electron chi connectivity index (χ0n) is 12.7. The maximum atomic E-state index is 3.62. The van der Waals surface area contributed by atoms with Crippen molar-refractivity contribution in [2.24, 2.45) is 5.92 Å². The molecule has 1 fully saturated rings. The lowest BCUT2D eigenvalue weighted by atomic mass is 10.1. The van der Waals surface area contributed by atoms with Crippen LogP contribution in [0.1, 0.15) is 44.2 Å². The first-order valence-electron chi connectivity index (χ1n) is 7.64. The molecule has 0 aromatic heterocycles. The Hall–Kier alpha value is -0.860. The molecule has 2 rings (SSSR count). The van der Waals surface area contributed by atoms with Crippen LogP contribution in [0.15, 0.2) is 24.3 Å². The van der Waals surface area contributed by atoms with Crippen LogP contribution in [0.3, 0.4) is 0 Å². The molecule has 0 amide bonds. The van der Waals surface area contributed by atoms with Crippen molar-refractivity contribution in [1.82, 2.24) is 10.2 Å². The van der Waals surface area contributed by atoms with Gasteiger partial charge >= 0.3 is 0 Å². The van der Waals surface area contributed by atoms with Crippen molar-refractivity contribution < 1.29 is 0 Å². The molecular weight excluding hydrogens is 232 g/mol. The van der Waals surface area contributed by atoms with Crippen LogP contribution in [-0.4, -0.2) is 24.5 Å². The molecule has 106 valence electrons. The van der Waals surface area contributed by atoms with Gasteiger partial charge in [-0.25, -0.2) is 0 Å². The van der Waals surface area contributed by atoms with Crippen LogP contribution in [0.2, 0.25) is 0 Å². The van der Waals surface area contributed by atoms with Crippen molar-refractivity contribution in [1.29, 1.82) is 0 Å². The van der Waals surface area contributed by atoms with E-state index in [0.717, 1.165) is 25.0 Å². The second kappa shape index (κ2) is 7.06. The second-order valence-corrected chi connectivity index (χ2v) is 6.34. The van der Waals surface area contributed by atoms with Gasteiger partial charge in [0.25, 0.3) is 0 Å². The van der Waals surface area contributed by atoms with Crippen LogP contribution in [-0.2, 0) is 13.1 Å². The number of benzene rings is 1. The first kappa shape index (κ1) is 14.5. The quantitative estimate of drug-likeness (QED) is 0.770. The molecule has 0 heterocycles. The van der Waals surface area contributed by atoms with E-state index >= 15 is 0 Å². The fraction of sp³-hybridized carbons (Fsp3) is 0.647. The molecule has 2 nitrogen and oxygen atoms in total. The zero-order chi connectivity index (χ0) is 13.7. The number of hydrogen-bond acceptors (Lipinski definition) is 2. The summed E-state index contributed by atoms with van der Waals surface area (Å²) in [7, 11) is 2.23. The molecule has 0 atom stereocenters. The topological polar surface area (TPSA) is 15.3 Å². The summed E-state index contributed by atoms with van der Waals surface area (Å²) in [5, 5.41) is 3.62. The van der Waals surface area contributed by atoms with Crippen LogP contribution >= 0.6 is 0 Å². The largest absolute Gasteiger partial charge is 0.310 e. The van der Waals surface area contributed by atoms with Crippen molar-refractivity contribution in [2.75, 3.05) is 13.6 Å². The Labute approximate surface area is 118 Å². The summed E-state index contributed by atoms with van der Waals surface area (Å²) in [4.78, 5) is 2.44. The van der Waals surface area contributed by atoms with E-state index in [1.54, 1.807) is 0 Å². The molecule has 1 saturated carbocycles. The summed E-state index contributed by atoms with van der Waals surface area (Å²) in [5.74, 6) is 0.786. The van der Waals surface area contributed by atoms with E-state index in [2.05, 4.69) is 55.4 Å². The van der Waals surface area contributed by atoms with Crippen molar-refractivity contribution in [3.8, 4) is 0 Å². The highest BCUT2D eigenvalue weighted by Crippen LogP contribution is 2.20. The number of rotatable bonds is 8. The van der Waals surface area contributed by atoms with Crippen LogP contribution in [0.4, 0.5) is 0 Å².